The zero-order valence-electron chi connectivity index (χ0n) is 14.3. The Hall–Kier alpha value is -1.78. The number of carbonyl (C=O) groups excluding carboxylic acids is 1. The summed E-state index contributed by atoms with van der Waals surface area (Å²) in [5, 5.41) is 0. The highest BCUT2D eigenvalue weighted by atomic mass is 16.6. The molecule has 0 radical (unpaired) electrons. The number of carbonyl (C=O) groups is 1. The van der Waals surface area contributed by atoms with Gasteiger partial charge in [0.15, 0.2) is 0 Å². The Morgan fingerprint density at radius 1 is 1.32 bits per heavy atom. The molecule has 0 saturated carbocycles. The normalized spacial score (nSPS) is 21.8. The number of hydrogen-bond donors (Lipinski definition) is 0. The molecule has 0 unspecified atom stereocenters. The van der Waals surface area contributed by atoms with E-state index in [9.17, 15) is 4.79 Å². The summed E-state index contributed by atoms with van der Waals surface area (Å²) in [6.07, 6.45) is 0.463. The van der Waals surface area contributed by atoms with E-state index in [1.807, 2.05) is 53.7 Å². The zero-order chi connectivity index (χ0) is 16.5. The molecule has 22 heavy (non-hydrogen) atoms. The second-order valence-corrected chi connectivity index (χ2v) is 7.01. The molecule has 1 aliphatic rings. The third kappa shape index (κ3) is 4.12. The number of likely N-dealkylation sites (tertiary alicyclic amines) is 1. The number of amides is 1. The van der Waals surface area contributed by atoms with E-state index in [0.29, 0.717) is 12.4 Å². The Kier molecular flexibility index (Phi) is 4.63. The van der Waals surface area contributed by atoms with E-state index in [-0.39, 0.29) is 18.2 Å². The van der Waals surface area contributed by atoms with Crippen LogP contribution in [0.15, 0.2) is 12.1 Å². The summed E-state index contributed by atoms with van der Waals surface area (Å²) in [6, 6.07) is 3.98. The fourth-order valence-electron chi connectivity index (χ4n) is 2.49. The number of ether oxygens (including phenoxy) is 2. The van der Waals surface area contributed by atoms with E-state index in [2.05, 4.69) is 4.98 Å². The zero-order valence-corrected chi connectivity index (χ0v) is 14.3. The molecule has 0 aliphatic carbocycles. The Bertz CT molecular complexity index is 551. The van der Waals surface area contributed by atoms with Gasteiger partial charge in [-0.1, -0.05) is 6.07 Å². The van der Waals surface area contributed by atoms with E-state index in [4.69, 9.17) is 9.47 Å². The first kappa shape index (κ1) is 16.6. The summed E-state index contributed by atoms with van der Waals surface area (Å²) in [5.74, 6) is 0.617. The van der Waals surface area contributed by atoms with Gasteiger partial charge in [0.1, 0.15) is 11.7 Å². The Morgan fingerprint density at radius 2 is 2.00 bits per heavy atom. The van der Waals surface area contributed by atoms with Gasteiger partial charge in [-0.05, 0) is 47.1 Å². The molecular weight excluding hydrogens is 280 g/mol. The van der Waals surface area contributed by atoms with Gasteiger partial charge in [0.25, 0.3) is 0 Å². The minimum atomic E-state index is -0.481. The Morgan fingerprint density at radius 3 is 2.59 bits per heavy atom. The van der Waals surface area contributed by atoms with Crippen LogP contribution in [0.1, 0.15) is 45.4 Å². The minimum Gasteiger partial charge on any atom is -0.472 e. The number of hydrogen-bond acceptors (Lipinski definition) is 4. The molecule has 0 N–H and O–H groups in total. The van der Waals surface area contributed by atoms with Crippen LogP contribution in [0.3, 0.4) is 0 Å². The second-order valence-electron chi connectivity index (χ2n) is 7.01. The largest absolute Gasteiger partial charge is 0.472 e. The molecule has 1 fully saturated rings. The van der Waals surface area contributed by atoms with Crippen molar-refractivity contribution in [3.8, 4) is 5.88 Å². The SMILES string of the molecule is Cc1ccc(O[C@@H]2C[C@H](C)N(C(=O)OC(C)(C)C)C2)nc1C. The summed E-state index contributed by atoms with van der Waals surface area (Å²) in [7, 11) is 0. The van der Waals surface area contributed by atoms with Crippen LogP contribution in [-0.2, 0) is 4.74 Å². The predicted octanol–water partition coefficient (Wildman–Crippen LogP) is 3.48. The lowest BCUT2D eigenvalue weighted by Crippen LogP contribution is -2.39. The third-order valence-corrected chi connectivity index (χ3v) is 3.78. The van der Waals surface area contributed by atoms with E-state index in [1.165, 1.54) is 0 Å². The standard InChI is InChI=1S/C17H26N2O3/c1-11-7-8-15(18-13(11)3)21-14-9-12(2)19(10-14)16(20)22-17(4,5)6/h7-8,12,14H,9-10H2,1-6H3/t12-,14+/m0/s1. The highest BCUT2D eigenvalue weighted by Crippen LogP contribution is 2.24. The second kappa shape index (κ2) is 6.15. The van der Waals surface area contributed by atoms with Crippen molar-refractivity contribution in [1.29, 1.82) is 0 Å². The van der Waals surface area contributed by atoms with E-state index >= 15 is 0 Å². The van der Waals surface area contributed by atoms with Crippen LogP contribution in [0.25, 0.3) is 0 Å². The van der Waals surface area contributed by atoms with Crippen molar-refractivity contribution in [3.05, 3.63) is 23.4 Å². The number of aromatic nitrogens is 1. The van der Waals surface area contributed by atoms with Gasteiger partial charge < -0.3 is 14.4 Å². The molecule has 5 nitrogen and oxygen atoms in total. The van der Waals surface area contributed by atoms with Crippen molar-refractivity contribution in [1.82, 2.24) is 9.88 Å². The fourth-order valence-corrected chi connectivity index (χ4v) is 2.49. The Balaban J connectivity index is 1.98. The molecule has 1 saturated heterocycles. The molecule has 2 rings (SSSR count). The lowest BCUT2D eigenvalue weighted by molar-refractivity contribution is 0.0223. The van der Waals surface area contributed by atoms with Crippen LogP contribution in [0, 0.1) is 13.8 Å². The molecule has 5 heteroatoms. The maximum Gasteiger partial charge on any atom is 0.410 e. The molecule has 0 aromatic carbocycles. The summed E-state index contributed by atoms with van der Waals surface area (Å²) in [6.45, 7) is 12.2. The minimum absolute atomic E-state index is 0.0443. The third-order valence-electron chi connectivity index (χ3n) is 3.78. The topological polar surface area (TPSA) is 51.7 Å². The quantitative estimate of drug-likeness (QED) is 0.839. The fraction of sp³-hybridized carbons (Fsp3) is 0.647. The maximum absolute atomic E-state index is 12.2. The summed E-state index contributed by atoms with van der Waals surface area (Å²) < 4.78 is 11.4. The summed E-state index contributed by atoms with van der Waals surface area (Å²) in [5.41, 5.74) is 1.63. The number of rotatable bonds is 2. The summed E-state index contributed by atoms with van der Waals surface area (Å²) in [4.78, 5) is 18.4. The monoisotopic (exact) mass is 306 g/mol. The highest BCUT2D eigenvalue weighted by Gasteiger charge is 2.36. The van der Waals surface area contributed by atoms with Crippen molar-refractivity contribution in [2.75, 3.05) is 6.54 Å². The van der Waals surface area contributed by atoms with E-state index in [0.717, 1.165) is 17.7 Å². The van der Waals surface area contributed by atoms with Gasteiger partial charge in [-0.15, -0.1) is 0 Å². The van der Waals surface area contributed by atoms with Crippen molar-refractivity contribution < 1.29 is 14.3 Å². The smallest absolute Gasteiger partial charge is 0.410 e. The highest BCUT2D eigenvalue weighted by molar-refractivity contribution is 5.69. The molecule has 2 atom stereocenters. The van der Waals surface area contributed by atoms with Crippen LogP contribution in [-0.4, -0.2) is 40.3 Å². The first-order valence-corrected chi connectivity index (χ1v) is 7.76. The lowest BCUT2D eigenvalue weighted by atomic mass is 10.2. The van der Waals surface area contributed by atoms with E-state index < -0.39 is 5.60 Å². The average molecular weight is 306 g/mol. The van der Waals surface area contributed by atoms with Gasteiger partial charge in [-0.2, -0.15) is 0 Å². The van der Waals surface area contributed by atoms with E-state index in [1.54, 1.807) is 4.90 Å². The molecule has 0 spiro atoms. The van der Waals surface area contributed by atoms with Gasteiger partial charge in [-0.25, -0.2) is 9.78 Å². The van der Waals surface area contributed by atoms with Gasteiger partial charge in [0.05, 0.1) is 6.54 Å². The molecule has 1 aromatic heterocycles. The first-order chi connectivity index (χ1) is 10.2. The molecule has 0 bridgehead atoms. The van der Waals surface area contributed by atoms with Crippen LogP contribution in [0.4, 0.5) is 4.79 Å². The molecule has 1 aliphatic heterocycles. The molecule has 2 heterocycles. The van der Waals surface area contributed by atoms with Crippen LogP contribution < -0.4 is 4.74 Å². The first-order valence-electron chi connectivity index (χ1n) is 7.76. The number of nitrogens with zero attached hydrogens (tertiary/aromatic N) is 2. The van der Waals surface area contributed by atoms with Crippen molar-refractivity contribution in [3.63, 3.8) is 0 Å². The van der Waals surface area contributed by atoms with Gasteiger partial charge in [-0.3, -0.25) is 0 Å². The van der Waals surface area contributed by atoms with Crippen LogP contribution in [0.5, 0.6) is 5.88 Å². The van der Waals surface area contributed by atoms with Crippen LogP contribution >= 0.6 is 0 Å². The van der Waals surface area contributed by atoms with Gasteiger partial charge >= 0.3 is 6.09 Å². The molecular formula is C17H26N2O3. The lowest BCUT2D eigenvalue weighted by Gasteiger charge is -2.26. The van der Waals surface area contributed by atoms with Crippen molar-refractivity contribution in [2.45, 2.75) is 65.7 Å². The molecule has 1 aromatic rings. The molecule has 122 valence electrons. The summed E-state index contributed by atoms with van der Waals surface area (Å²) >= 11 is 0. The average Bonchev–Trinajstić information content (AvgIpc) is 2.73. The van der Waals surface area contributed by atoms with Crippen molar-refractivity contribution in [2.24, 2.45) is 0 Å². The van der Waals surface area contributed by atoms with Gasteiger partial charge in [0, 0.05) is 24.2 Å². The Labute approximate surface area is 132 Å². The van der Waals surface area contributed by atoms with Gasteiger partial charge in [0.2, 0.25) is 5.88 Å². The number of pyridine rings is 1. The van der Waals surface area contributed by atoms with Crippen LogP contribution in [0.2, 0.25) is 0 Å². The van der Waals surface area contributed by atoms with Crippen molar-refractivity contribution >= 4 is 6.09 Å². The predicted molar refractivity (Wildman–Crippen MR) is 85.1 cm³/mol. The maximum atomic E-state index is 12.2. The number of aryl methyl sites for hydroxylation is 2. The molecule has 1 amide bonds.